The van der Waals surface area contributed by atoms with Crippen molar-refractivity contribution in [2.45, 2.75) is 37.1 Å². The highest BCUT2D eigenvalue weighted by Crippen LogP contribution is 2.30. The van der Waals surface area contributed by atoms with E-state index in [0.29, 0.717) is 62.0 Å². The summed E-state index contributed by atoms with van der Waals surface area (Å²) in [6, 6.07) is 7.73. The van der Waals surface area contributed by atoms with Gasteiger partial charge in [-0.05, 0) is 67.0 Å². The van der Waals surface area contributed by atoms with Crippen LogP contribution in [0.2, 0.25) is 5.02 Å². The number of aryl methyl sites for hydroxylation is 3. The van der Waals surface area contributed by atoms with Crippen molar-refractivity contribution in [3.63, 3.8) is 0 Å². The highest BCUT2D eigenvalue weighted by Gasteiger charge is 2.31. The molecule has 1 amide bonds. The fourth-order valence-corrected chi connectivity index (χ4v) is 6.80. The lowest BCUT2D eigenvalue weighted by Crippen LogP contribution is -2.39. The third kappa shape index (κ3) is 6.22. The quantitative estimate of drug-likeness (QED) is 0.302. The number of imidazole rings is 1. The Balaban J connectivity index is 1.15. The number of benzene rings is 1. The average Bonchev–Trinajstić information content (AvgIpc) is 3.42. The SMILES string of the molecule is Cn1cnc(S(=O)(=O)N2CCC(CC(=O)Nc3ccc4cc3CCc3cncc(c3)Nc3ncc(Cl)c(n3)N4)CC2)c1. The number of amides is 1. The smallest absolute Gasteiger partial charge is 0.262 e. The molecule has 0 saturated carbocycles. The van der Waals surface area contributed by atoms with Gasteiger partial charge < -0.3 is 20.5 Å². The van der Waals surface area contributed by atoms with Crippen LogP contribution in [0.5, 0.6) is 0 Å². The standard InChI is InChI=1S/C28H30ClN9O3S/c1-37-16-26(32-17-37)42(40,41)38-8-6-18(7-9-38)11-25(39)35-24-5-4-21-12-20(24)3-2-19-10-22(14-30-13-19)34-28-31-15-23(29)27(33-21)36-28/h4-5,10,12-18H,2-3,6-9,11H2,1H3,(H,35,39)(H2,31,33,34,36). The first-order chi connectivity index (χ1) is 20.2. The molecule has 2 aliphatic heterocycles. The molecule has 2 aliphatic rings. The van der Waals surface area contributed by atoms with Gasteiger partial charge in [-0.3, -0.25) is 9.78 Å². The van der Waals surface area contributed by atoms with Crippen molar-refractivity contribution in [2.75, 3.05) is 29.0 Å². The number of piperidine rings is 1. The maximum Gasteiger partial charge on any atom is 0.262 e. The zero-order valence-corrected chi connectivity index (χ0v) is 24.5. The minimum atomic E-state index is -3.64. The average molecular weight is 608 g/mol. The predicted molar refractivity (Wildman–Crippen MR) is 160 cm³/mol. The number of nitrogens with one attached hydrogen (secondary N) is 3. The number of anilines is 5. The van der Waals surface area contributed by atoms with Crippen molar-refractivity contribution in [3.05, 3.63) is 71.5 Å². The highest BCUT2D eigenvalue weighted by atomic mass is 35.5. The normalized spacial score (nSPS) is 15.9. The number of hydrogen-bond acceptors (Lipinski definition) is 9. The molecule has 4 aromatic rings. The highest BCUT2D eigenvalue weighted by molar-refractivity contribution is 7.89. The Morgan fingerprint density at radius 3 is 2.69 bits per heavy atom. The van der Waals surface area contributed by atoms with Gasteiger partial charge in [0, 0.05) is 50.3 Å². The van der Waals surface area contributed by atoms with Gasteiger partial charge in [0.2, 0.25) is 11.9 Å². The van der Waals surface area contributed by atoms with Crippen molar-refractivity contribution < 1.29 is 13.2 Å². The van der Waals surface area contributed by atoms with Crippen LogP contribution in [-0.4, -0.2) is 56.2 Å². The van der Waals surface area contributed by atoms with Gasteiger partial charge in [0.25, 0.3) is 10.0 Å². The summed E-state index contributed by atoms with van der Waals surface area (Å²) < 4.78 is 28.9. The Bertz CT molecular complexity index is 1740. The predicted octanol–water partition coefficient (Wildman–Crippen LogP) is 4.27. The molecule has 0 radical (unpaired) electrons. The van der Waals surface area contributed by atoms with Gasteiger partial charge in [-0.15, -0.1) is 0 Å². The molecule has 0 atom stereocenters. The van der Waals surface area contributed by atoms with Crippen LogP contribution in [0.15, 0.2) is 60.4 Å². The lowest BCUT2D eigenvalue weighted by molar-refractivity contribution is -0.117. The van der Waals surface area contributed by atoms with Crippen molar-refractivity contribution in [3.8, 4) is 0 Å². The van der Waals surface area contributed by atoms with E-state index in [9.17, 15) is 13.2 Å². The van der Waals surface area contributed by atoms with Gasteiger partial charge in [0.1, 0.15) is 5.02 Å². The topological polar surface area (TPSA) is 147 Å². The van der Waals surface area contributed by atoms with Crippen LogP contribution in [0.3, 0.4) is 0 Å². The maximum atomic E-state index is 13.2. The van der Waals surface area contributed by atoms with Gasteiger partial charge in [-0.2, -0.15) is 9.29 Å². The van der Waals surface area contributed by atoms with E-state index in [1.54, 1.807) is 17.8 Å². The summed E-state index contributed by atoms with van der Waals surface area (Å²) >= 11 is 6.37. The number of carbonyl (C=O) groups excluding carboxylic acids is 1. The summed E-state index contributed by atoms with van der Waals surface area (Å²) in [5.74, 6) is 0.833. The number of halogens is 1. The fraction of sp³-hybridized carbons (Fsp3) is 0.321. The van der Waals surface area contributed by atoms with Crippen molar-refractivity contribution in [1.29, 1.82) is 0 Å². The molecule has 1 saturated heterocycles. The van der Waals surface area contributed by atoms with Crippen LogP contribution >= 0.6 is 11.6 Å². The summed E-state index contributed by atoms with van der Waals surface area (Å²) in [6.07, 6.45) is 10.9. The third-order valence-corrected chi connectivity index (χ3v) is 9.51. The second-order valence-corrected chi connectivity index (χ2v) is 12.9. The molecule has 6 bridgehead atoms. The molecule has 12 nitrogen and oxygen atoms in total. The van der Waals surface area contributed by atoms with E-state index in [1.165, 1.54) is 23.0 Å². The zero-order valence-electron chi connectivity index (χ0n) is 22.9. The van der Waals surface area contributed by atoms with Crippen LogP contribution in [0.4, 0.5) is 28.8 Å². The van der Waals surface area contributed by atoms with E-state index >= 15 is 0 Å². The zero-order chi connectivity index (χ0) is 29.3. The van der Waals surface area contributed by atoms with E-state index in [-0.39, 0.29) is 16.9 Å². The second-order valence-electron chi connectivity index (χ2n) is 10.6. The molecule has 1 fully saturated rings. The molecule has 3 N–H and O–H groups in total. The molecule has 0 unspecified atom stereocenters. The van der Waals surface area contributed by atoms with Gasteiger partial charge in [0.15, 0.2) is 10.8 Å². The van der Waals surface area contributed by atoms with E-state index in [2.05, 4.69) is 35.9 Å². The second kappa shape index (κ2) is 11.7. The summed E-state index contributed by atoms with van der Waals surface area (Å²) in [5, 5.41) is 9.96. The summed E-state index contributed by atoms with van der Waals surface area (Å²) in [6.45, 7) is 0.718. The molecular formula is C28H30ClN9O3S. The van der Waals surface area contributed by atoms with Crippen LogP contribution in [-0.2, 0) is 34.7 Å². The van der Waals surface area contributed by atoms with Crippen LogP contribution in [0.1, 0.15) is 30.4 Å². The number of aromatic nitrogens is 5. The van der Waals surface area contributed by atoms with Crippen molar-refractivity contribution in [1.82, 2.24) is 28.8 Å². The summed E-state index contributed by atoms with van der Waals surface area (Å²) in [5.41, 5.74) is 4.25. The van der Waals surface area contributed by atoms with Crippen LogP contribution in [0, 0.1) is 5.92 Å². The minimum Gasteiger partial charge on any atom is -0.339 e. The summed E-state index contributed by atoms with van der Waals surface area (Å²) in [4.78, 5) is 30.3. The fourth-order valence-electron chi connectivity index (χ4n) is 5.22. The molecular weight excluding hydrogens is 578 g/mol. The molecule has 5 heterocycles. The minimum absolute atomic E-state index is 0.0504. The van der Waals surface area contributed by atoms with E-state index in [4.69, 9.17) is 11.6 Å². The number of sulfonamides is 1. The molecule has 14 heteroatoms. The van der Waals surface area contributed by atoms with E-state index < -0.39 is 10.0 Å². The Labute approximate surface area is 248 Å². The van der Waals surface area contributed by atoms with Gasteiger partial charge in [-0.25, -0.2) is 18.4 Å². The molecule has 218 valence electrons. The Kier molecular flexibility index (Phi) is 7.80. The number of rotatable bonds is 5. The van der Waals surface area contributed by atoms with Gasteiger partial charge in [0.05, 0.1) is 24.4 Å². The largest absolute Gasteiger partial charge is 0.339 e. The van der Waals surface area contributed by atoms with Gasteiger partial charge >= 0.3 is 0 Å². The number of pyridine rings is 1. The Morgan fingerprint density at radius 2 is 1.90 bits per heavy atom. The first-order valence-corrected chi connectivity index (χ1v) is 15.5. The molecule has 1 aromatic carbocycles. The Hall–Kier alpha value is -4.07. The van der Waals surface area contributed by atoms with Crippen LogP contribution < -0.4 is 16.0 Å². The first-order valence-electron chi connectivity index (χ1n) is 13.6. The van der Waals surface area contributed by atoms with E-state index in [0.717, 1.165) is 28.2 Å². The number of carbonyl (C=O) groups is 1. The number of fused-ring (bicyclic) bond motifs is 6. The molecule has 0 aliphatic carbocycles. The number of nitrogens with zero attached hydrogens (tertiary/aromatic N) is 6. The monoisotopic (exact) mass is 607 g/mol. The Morgan fingerprint density at radius 1 is 1.07 bits per heavy atom. The maximum absolute atomic E-state index is 13.2. The van der Waals surface area contributed by atoms with Crippen LogP contribution in [0.25, 0.3) is 0 Å². The lowest BCUT2D eigenvalue weighted by Gasteiger charge is -2.30. The first kappa shape index (κ1) is 28.1. The lowest BCUT2D eigenvalue weighted by atomic mass is 9.94. The molecule has 42 heavy (non-hydrogen) atoms. The molecule has 0 spiro atoms. The molecule has 3 aromatic heterocycles. The van der Waals surface area contributed by atoms with Crippen molar-refractivity contribution in [2.24, 2.45) is 13.0 Å². The van der Waals surface area contributed by atoms with Gasteiger partial charge in [-0.1, -0.05) is 11.6 Å². The molecule has 6 rings (SSSR count). The van der Waals surface area contributed by atoms with E-state index in [1.807, 2.05) is 30.5 Å². The number of hydrogen-bond donors (Lipinski definition) is 3. The third-order valence-electron chi connectivity index (χ3n) is 7.45. The van der Waals surface area contributed by atoms with Crippen molar-refractivity contribution >= 4 is 56.4 Å². The summed E-state index contributed by atoms with van der Waals surface area (Å²) in [7, 11) is -1.90.